The van der Waals surface area contributed by atoms with E-state index in [4.69, 9.17) is 0 Å². The van der Waals surface area contributed by atoms with Crippen LogP contribution in [-0.4, -0.2) is 45.8 Å². The zero-order chi connectivity index (χ0) is 9.31. The van der Waals surface area contributed by atoms with Crippen molar-refractivity contribution in [1.29, 1.82) is 0 Å². The Morgan fingerprint density at radius 3 is 1.53 bits per heavy atom. The fourth-order valence-electron chi connectivity index (χ4n) is 2.03. The molecule has 0 amide bonds. The van der Waals surface area contributed by atoms with Gasteiger partial charge in [0.1, 0.15) is 8.07 Å². The first-order valence-corrected chi connectivity index (χ1v) is 7.93. The molecular weight excluding hydrogens is 186 g/mol. The Labute approximate surface area is 118 Å². The van der Waals surface area contributed by atoms with E-state index in [2.05, 4.69) is 49.6 Å². The summed E-state index contributed by atoms with van der Waals surface area (Å²) in [4.78, 5) is 0. The van der Waals surface area contributed by atoms with Crippen molar-refractivity contribution in [2.45, 2.75) is 25.9 Å². The topological polar surface area (TPSA) is 0 Å². The molecule has 2 aliphatic carbocycles. The summed E-state index contributed by atoms with van der Waals surface area (Å²) in [5.41, 5.74) is 0. The molecule has 0 nitrogen and oxygen atoms in total. The molecule has 0 heterocycles. The van der Waals surface area contributed by atoms with Crippen LogP contribution in [0.5, 0.6) is 0 Å². The summed E-state index contributed by atoms with van der Waals surface area (Å²) in [6.07, 6.45) is 16.0. The van der Waals surface area contributed by atoms with E-state index in [0.717, 1.165) is 0 Å². The van der Waals surface area contributed by atoms with Crippen LogP contribution < -0.4 is 0 Å². The third-order valence-electron chi connectivity index (χ3n) is 3.15. The van der Waals surface area contributed by atoms with Crippen molar-refractivity contribution < 1.29 is 0 Å². The van der Waals surface area contributed by atoms with Crippen molar-refractivity contribution in [1.82, 2.24) is 0 Å². The quantitative estimate of drug-likeness (QED) is 0.605. The molecule has 0 saturated heterocycles. The van der Waals surface area contributed by atoms with E-state index in [9.17, 15) is 0 Å². The molecule has 72 valence electrons. The van der Waals surface area contributed by atoms with Crippen molar-refractivity contribution in [2.75, 3.05) is 0 Å². The summed E-state index contributed by atoms with van der Waals surface area (Å²) in [7, 11) is -1.24. The molecule has 0 aromatic rings. The zero-order valence-electron chi connectivity index (χ0n) is 8.38. The van der Waals surface area contributed by atoms with Crippen LogP contribution in [-0.2, 0) is 0 Å². The molecule has 0 aromatic carbocycles. The van der Waals surface area contributed by atoms with Gasteiger partial charge in [0.2, 0.25) is 0 Å². The summed E-state index contributed by atoms with van der Waals surface area (Å²) >= 11 is 0. The van der Waals surface area contributed by atoms with Crippen LogP contribution in [0.2, 0.25) is 13.1 Å². The standard InChI is InChI=1S/C12H16Si.2Li.2H/c1-13(2,11-7-3-4-8-11)12-9-5-6-10-12;;;;/h3-7,9H,8,10H2,1-2H3;;;;. The Hall–Kier alpha value is 0.372. The average Bonchev–Trinajstić information content (AvgIpc) is 2.78. The van der Waals surface area contributed by atoms with E-state index in [0.29, 0.717) is 0 Å². The third kappa shape index (κ3) is 3.16. The summed E-state index contributed by atoms with van der Waals surface area (Å²) in [5.74, 6) is 0. The van der Waals surface area contributed by atoms with E-state index >= 15 is 0 Å². The van der Waals surface area contributed by atoms with Crippen LogP contribution in [0, 0.1) is 0 Å². The van der Waals surface area contributed by atoms with Crippen molar-refractivity contribution in [2.24, 2.45) is 0 Å². The second-order valence-corrected chi connectivity index (χ2v) is 8.81. The molecule has 0 unspecified atom stereocenters. The molecule has 0 saturated carbocycles. The maximum absolute atomic E-state index is 2.46. The molecule has 0 fully saturated rings. The van der Waals surface area contributed by atoms with E-state index in [1.165, 1.54) is 12.8 Å². The predicted molar refractivity (Wildman–Crippen MR) is 75.5 cm³/mol. The predicted octanol–water partition coefficient (Wildman–Crippen LogP) is 2.25. The average molecular weight is 204 g/mol. The van der Waals surface area contributed by atoms with Gasteiger partial charge in [-0.3, -0.25) is 0 Å². The summed E-state index contributed by atoms with van der Waals surface area (Å²) in [6.45, 7) is 4.93. The normalized spacial score (nSPS) is 18.0. The van der Waals surface area contributed by atoms with Gasteiger partial charge in [-0.1, -0.05) is 59.9 Å². The molecule has 2 rings (SSSR count). The van der Waals surface area contributed by atoms with Crippen molar-refractivity contribution in [3.8, 4) is 0 Å². The Morgan fingerprint density at radius 1 is 0.867 bits per heavy atom. The number of allylic oxidation sites excluding steroid dienone is 8. The molecule has 3 heteroatoms. The van der Waals surface area contributed by atoms with Crippen molar-refractivity contribution >= 4 is 45.8 Å². The Bertz CT molecular complexity index is 304. The second-order valence-electron chi connectivity index (χ2n) is 4.27. The SMILES string of the molecule is C[Si](C)(C1=CC=CC1)C1=CC=CC1.[LiH].[LiH]. The molecule has 0 N–H and O–H groups in total. The van der Waals surface area contributed by atoms with E-state index in [1.807, 2.05) is 0 Å². The first-order chi connectivity index (χ1) is 6.21. The van der Waals surface area contributed by atoms with Crippen molar-refractivity contribution in [3.63, 3.8) is 0 Å². The van der Waals surface area contributed by atoms with Gasteiger partial charge in [0.25, 0.3) is 0 Å². The Balaban J connectivity index is 0.000000980. The summed E-state index contributed by atoms with van der Waals surface area (Å²) in [5, 5.41) is 3.37. The van der Waals surface area contributed by atoms with E-state index in [1.54, 1.807) is 10.4 Å². The molecule has 0 aliphatic heterocycles. The maximum atomic E-state index is 2.46. The summed E-state index contributed by atoms with van der Waals surface area (Å²) in [6, 6.07) is 0. The molecule has 2 aliphatic rings. The summed E-state index contributed by atoms with van der Waals surface area (Å²) < 4.78 is 0. The molecule has 0 bridgehead atoms. The fraction of sp³-hybridized carbons (Fsp3) is 0.333. The molecule has 15 heavy (non-hydrogen) atoms. The molecule has 0 spiro atoms. The minimum atomic E-state index is -1.24. The Morgan fingerprint density at radius 2 is 1.27 bits per heavy atom. The van der Waals surface area contributed by atoms with Gasteiger partial charge in [0.15, 0.2) is 0 Å². The Kier molecular flexibility index (Phi) is 6.35. The van der Waals surface area contributed by atoms with Gasteiger partial charge in [0, 0.05) is 0 Å². The van der Waals surface area contributed by atoms with Crippen LogP contribution in [0.3, 0.4) is 0 Å². The molecule has 0 aromatic heterocycles. The van der Waals surface area contributed by atoms with Crippen LogP contribution in [0.1, 0.15) is 12.8 Å². The van der Waals surface area contributed by atoms with Gasteiger partial charge < -0.3 is 0 Å². The third-order valence-corrected chi connectivity index (χ3v) is 7.10. The number of rotatable bonds is 2. The van der Waals surface area contributed by atoms with Gasteiger partial charge in [-0.05, 0) is 12.8 Å². The monoisotopic (exact) mass is 204 g/mol. The first-order valence-electron chi connectivity index (χ1n) is 4.93. The molecule has 0 radical (unpaired) electrons. The molecule has 0 atom stereocenters. The second kappa shape index (κ2) is 6.19. The van der Waals surface area contributed by atoms with E-state index < -0.39 is 8.07 Å². The first kappa shape index (κ1) is 15.4. The van der Waals surface area contributed by atoms with Gasteiger partial charge in [-0.2, -0.15) is 0 Å². The zero-order valence-corrected chi connectivity index (χ0v) is 9.38. The number of hydrogen-bond acceptors (Lipinski definition) is 0. The van der Waals surface area contributed by atoms with Crippen LogP contribution in [0.4, 0.5) is 0 Å². The number of hydrogen-bond donors (Lipinski definition) is 0. The van der Waals surface area contributed by atoms with Gasteiger partial charge in [-0.25, -0.2) is 0 Å². The van der Waals surface area contributed by atoms with Gasteiger partial charge >= 0.3 is 37.7 Å². The van der Waals surface area contributed by atoms with Gasteiger partial charge in [0.05, 0.1) is 0 Å². The van der Waals surface area contributed by atoms with E-state index in [-0.39, 0.29) is 37.7 Å². The van der Waals surface area contributed by atoms with Crippen molar-refractivity contribution in [3.05, 3.63) is 46.8 Å². The van der Waals surface area contributed by atoms with Crippen LogP contribution in [0.15, 0.2) is 46.8 Å². The van der Waals surface area contributed by atoms with Crippen LogP contribution >= 0.6 is 0 Å². The minimum absolute atomic E-state index is 0. The molecular formula is C12H18Li2Si. The van der Waals surface area contributed by atoms with Gasteiger partial charge in [-0.15, -0.1) is 0 Å². The fourth-order valence-corrected chi connectivity index (χ4v) is 4.72. The van der Waals surface area contributed by atoms with Crippen LogP contribution in [0.25, 0.3) is 0 Å².